The van der Waals surface area contributed by atoms with Gasteiger partial charge in [-0.3, -0.25) is 0 Å². The van der Waals surface area contributed by atoms with Crippen LogP contribution in [0.15, 0.2) is 18.2 Å². The Morgan fingerprint density at radius 3 is 2.81 bits per heavy atom. The highest BCUT2D eigenvalue weighted by Gasteiger charge is 2.06. The SMILES string of the molecule is CCOc1cccc(NC(C)CC(C)Br)n1. The second-order valence-corrected chi connectivity index (χ2v) is 5.42. The highest BCUT2D eigenvalue weighted by atomic mass is 79.9. The quantitative estimate of drug-likeness (QED) is 0.814. The fourth-order valence-electron chi connectivity index (χ4n) is 1.52. The van der Waals surface area contributed by atoms with Gasteiger partial charge in [0.2, 0.25) is 5.88 Å². The van der Waals surface area contributed by atoms with Crippen LogP contribution < -0.4 is 10.1 Å². The number of aromatic nitrogens is 1. The van der Waals surface area contributed by atoms with Gasteiger partial charge in [-0.05, 0) is 26.3 Å². The average molecular weight is 287 g/mol. The lowest BCUT2D eigenvalue weighted by molar-refractivity contribution is 0.327. The van der Waals surface area contributed by atoms with Crippen LogP contribution in [0.1, 0.15) is 27.2 Å². The first-order valence-electron chi connectivity index (χ1n) is 5.62. The molecular formula is C12H19BrN2O. The number of alkyl halides is 1. The molecule has 0 fully saturated rings. The molecule has 4 heteroatoms. The van der Waals surface area contributed by atoms with E-state index in [2.05, 4.69) is 40.1 Å². The summed E-state index contributed by atoms with van der Waals surface area (Å²) in [6.45, 7) is 6.89. The molecule has 0 aliphatic rings. The van der Waals surface area contributed by atoms with Gasteiger partial charge < -0.3 is 10.1 Å². The van der Waals surface area contributed by atoms with Gasteiger partial charge in [0.05, 0.1) is 6.61 Å². The Morgan fingerprint density at radius 1 is 1.44 bits per heavy atom. The lowest BCUT2D eigenvalue weighted by atomic mass is 10.2. The third-order valence-corrected chi connectivity index (χ3v) is 2.46. The van der Waals surface area contributed by atoms with Crippen molar-refractivity contribution < 1.29 is 4.74 Å². The number of anilines is 1. The van der Waals surface area contributed by atoms with Gasteiger partial charge in [-0.1, -0.05) is 28.9 Å². The van der Waals surface area contributed by atoms with E-state index in [9.17, 15) is 0 Å². The average Bonchev–Trinajstić information content (AvgIpc) is 2.17. The van der Waals surface area contributed by atoms with Crippen LogP contribution in [0.25, 0.3) is 0 Å². The number of hydrogen-bond acceptors (Lipinski definition) is 3. The standard InChI is InChI=1S/C12H19BrN2O/c1-4-16-12-7-5-6-11(15-12)14-10(3)8-9(2)13/h5-7,9-10H,4,8H2,1-3H3,(H,14,15). The van der Waals surface area contributed by atoms with Gasteiger partial charge in [0.15, 0.2) is 0 Å². The Morgan fingerprint density at radius 2 is 2.19 bits per heavy atom. The number of rotatable bonds is 6. The second kappa shape index (κ2) is 6.74. The van der Waals surface area contributed by atoms with E-state index in [0.29, 0.717) is 23.4 Å². The van der Waals surface area contributed by atoms with Crippen LogP contribution in [0, 0.1) is 0 Å². The molecule has 0 saturated heterocycles. The predicted molar refractivity (Wildman–Crippen MR) is 71.5 cm³/mol. The first kappa shape index (κ1) is 13.3. The summed E-state index contributed by atoms with van der Waals surface area (Å²) in [4.78, 5) is 4.87. The van der Waals surface area contributed by atoms with Gasteiger partial charge in [-0.2, -0.15) is 4.98 Å². The van der Waals surface area contributed by atoms with Crippen LogP contribution in [0.4, 0.5) is 5.82 Å². The van der Waals surface area contributed by atoms with Gasteiger partial charge in [0.1, 0.15) is 5.82 Å². The van der Waals surface area contributed by atoms with Crippen LogP contribution in [0.3, 0.4) is 0 Å². The molecule has 2 unspecified atom stereocenters. The van der Waals surface area contributed by atoms with Crippen LogP contribution in [-0.4, -0.2) is 22.5 Å². The van der Waals surface area contributed by atoms with E-state index in [1.165, 1.54) is 0 Å². The maximum Gasteiger partial charge on any atom is 0.215 e. The second-order valence-electron chi connectivity index (χ2n) is 3.86. The molecule has 1 N–H and O–H groups in total. The van der Waals surface area contributed by atoms with Crippen molar-refractivity contribution in [3.05, 3.63) is 18.2 Å². The molecule has 0 saturated carbocycles. The Bertz CT molecular complexity index is 318. The Hall–Kier alpha value is -0.770. The fraction of sp³-hybridized carbons (Fsp3) is 0.583. The molecule has 0 spiro atoms. The maximum atomic E-state index is 5.35. The molecule has 1 aromatic rings. The van der Waals surface area contributed by atoms with E-state index in [-0.39, 0.29) is 0 Å². The molecule has 90 valence electrons. The Labute approximate surface area is 106 Å². The van der Waals surface area contributed by atoms with Crippen molar-refractivity contribution in [2.24, 2.45) is 0 Å². The third-order valence-electron chi connectivity index (χ3n) is 2.09. The molecule has 0 aliphatic heterocycles. The molecule has 3 nitrogen and oxygen atoms in total. The minimum Gasteiger partial charge on any atom is -0.478 e. The van der Waals surface area contributed by atoms with E-state index in [0.717, 1.165) is 12.2 Å². The summed E-state index contributed by atoms with van der Waals surface area (Å²) in [6.07, 6.45) is 1.06. The number of halogens is 1. The van der Waals surface area contributed by atoms with Gasteiger partial charge in [0, 0.05) is 16.9 Å². The van der Waals surface area contributed by atoms with Crippen LogP contribution >= 0.6 is 15.9 Å². The van der Waals surface area contributed by atoms with Crippen molar-refractivity contribution in [3.8, 4) is 5.88 Å². The molecule has 1 rings (SSSR count). The first-order chi connectivity index (χ1) is 7.61. The third kappa shape index (κ3) is 4.84. The van der Waals surface area contributed by atoms with E-state index in [4.69, 9.17) is 4.74 Å². The van der Waals surface area contributed by atoms with Crippen molar-refractivity contribution in [3.63, 3.8) is 0 Å². The minimum absolute atomic E-state index is 0.388. The first-order valence-corrected chi connectivity index (χ1v) is 6.53. The molecule has 16 heavy (non-hydrogen) atoms. The predicted octanol–water partition coefficient (Wildman–Crippen LogP) is 3.45. The van der Waals surface area contributed by atoms with Gasteiger partial charge >= 0.3 is 0 Å². The molecule has 0 aromatic carbocycles. The summed E-state index contributed by atoms with van der Waals surface area (Å²) in [5.74, 6) is 1.54. The summed E-state index contributed by atoms with van der Waals surface area (Å²) in [5.41, 5.74) is 0. The van der Waals surface area contributed by atoms with Gasteiger partial charge in [-0.15, -0.1) is 0 Å². The molecule has 1 heterocycles. The summed E-state index contributed by atoms with van der Waals surface area (Å²) >= 11 is 3.54. The van der Waals surface area contributed by atoms with Crippen LogP contribution in [0.2, 0.25) is 0 Å². The van der Waals surface area contributed by atoms with Gasteiger partial charge in [-0.25, -0.2) is 0 Å². The normalized spacial score (nSPS) is 14.2. The van der Waals surface area contributed by atoms with Crippen LogP contribution in [0.5, 0.6) is 5.88 Å². The molecule has 0 radical (unpaired) electrons. The summed E-state index contributed by atoms with van der Waals surface area (Å²) in [6, 6.07) is 6.16. The van der Waals surface area contributed by atoms with Crippen molar-refractivity contribution in [2.75, 3.05) is 11.9 Å². The number of nitrogens with zero attached hydrogens (tertiary/aromatic N) is 1. The highest BCUT2D eigenvalue weighted by molar-refractivity contribution is 9.09. The molecule has 0 aliphatic carbocycles. The topological polar surface area (TPSA) is 34.1 Å². The fourth-order valence-corrected chi connectivity index (χ4v) is 2.08. The van der Waals surface area contributed by atoms with E-state index >= 15 is 0 Å². The Kier molecular flexibility index (Phi) is 5.60. The monoisotopic (exact) mass is 286 g/mol. The van der Waals surface area contributed by atoms with Crippen molar-refractivity contribution in [2.45, 2.75) is 38.1 Å². The minimum atomic E-state index is 0.388. The zero-order valence-corrected chi connectivity index (χ0v) is 11.6. The summed E-state index contributed by atoms with van der Waals surface area (Å²) in [5, 5.41) is 3.35. The van der Waals surface area contributed by atoms with Crippen molar-refractivity contribution in [1.82, 2.24) is 4.98 Å². The number of hydrogen-bond donors (Lipinski definition) is 1. The van der Waals surface area contributed by atoms with Crippen LogP contribution in [-0.2, 0) is 0 Å². The molecule has 0 amide bonds. The molecule has 1 aromatic heterocycles. The van der Waals surface area contributed by atoms with Crippen molar-refractivity contribution in [1.29, 1.82) is 0 Å². The summed E-state index contributed by atoms with van der Waals surface area (Å²) in [7, 11) is 0. The van der Waals surface area contributed by atoms with Gasteiger partial charge in [0.25, 0.3) is 0 Å². The van der Waals surface area contributed by atoms with Crippen molar-refractivity contribution >= 4 is 21.7 Å². The zero-order valence-electron chi connectivity index (χ0n) is 10.0. The largest absolute Gasteiger partial charge is 0.478 e. The van der Waals surface area contributed by atoms with E-state index < -0.39 is 0 Å². The molecule has 0 bridgehead atoms. The molecule has 2 atom stereocenters. The highest BCUT2D eigenvalue weighted by Crippen LogP contribution is 2.15. The lowest BCUT2D eigenvalue weighted by Gasteiger charge is -2.16. The Balaban J connectivity index is 2.55. The zero-order chi connectivity index (χ0) is 12.0. The number of pyridine rings is 1. The summed E-state index contributed by atoms with van der Waals surface area (Å²) < 4.78 is 5.35. The lowest BCUT2D eigenvalue weighted by Crippen LogP contribution is -2.19. The smallest absolute Gasteiger partial charge is 0.215 e. The van der Waals surface area contributed by atoms with E-state index in [1.54, 1.807) is 0 Å². The molecular weight excluding hydrogens is 268 g/mol. The number of nitrogens with one attached hydrogen (secondary N) is 1. The number of ether oxygens (including phenoxy) is 1. The van der Waals surface area contributed by atoms with E-state index in [1.807, 2.05) is 25.1 Å². The maximum absolute atomic E-state index is 5.35.